The van der Waals surface area contributed by atoms with Crippen molar-refractivity contribution in [3.63, 3.8) is 0 Å². The molecular formula is C15H17ClF2O3S. The monoisotopic (exact) mass is 350 g/mol. The van der Waals surface area contributed by atoms with E-state index < -0.39 is 34.7 Å². The highest BCUT2D eigenvalue weighted by Crippen LogP contribution is 2.49. The van der Waals surface area contributed by atoms with Crippen LogP contribution in [0.3, 0.4) is 0 Å². The Morgan fingerprint density at radius 2 is 1.91 bits per heavy atom. The Kier molecular flexibility index (Phi) is 4.42. The van der Waals surface area contributed by atoms with Gasteiger partial charge in [0, 0.05) is 4.90 Å². The van der Waals surface area contributed by atoms with E-state index in [4.69, 9.17) is 25.8 Å². The second kappa shape index (κ2) is 5.91. The summed E-state index contributed by atoms with van der Waals surface area (Å²) in [5, 5.41) is -3.44. The Labute approximate surface area is 137 Å². The Morgan fingerprint density at radius 3 is 2.55 bits per heavy atom. The largest absolute Gasteiger partial charge is 0.364 e. The zero-order chi connectivity index (χ0) is 16.0. The minimum Gasteiger partial charge on any atom is -0.364 e. The molecule has 0 unspecified atom stereocenters. The predicted octanol–water partition coefficient (Wildman–Crippen LogP) is 4.10. The van der Waals surface area contributed by atoms with Crippen LogP contribution in [0.25, 0.3) is 0 Å². The molecule has 22 heavy (non-hydrogen) atoms. The first-order valence-electron chi connectivity index (χ1n) is 7.02. The molecular weight excluding hydrogens is 334 g/mol. The molecule has 2 heterocycles. The number of ether oxygens (including phenoxy) is 3. The standard InChI is InChI=1S/C15H17ClF2O3S/c1-14(2)20-10-8-19-13(22-9-6-4-3-5-7-9)11(12(10)21-14)15(16,17)18/h3-7,10-13H,8H2,1-2H3/t10-,11+,12-,13-/m1/s1. The summed E-state index contributed by atoms with van der Waals surface area (Å²) < 4.78 is 44.9. The van der Waals surface area contributed by atoms with E-state index in [0.29, 0.717) is 0 Å². The van der Waals surface area contributed by atoms with Crippen molar-refractivity contribution in [2.45, 2.75) is 47.6 Å². The molecule has 0 spiro atoms. The average molecular weight is 351 g/mol. The van der Waals surface area contributed by atoms with E-state index in [1.54, 1.807) is 13.8 Å². The van der Waals surface area contributed by atoms with E-state index in [2.05, 4.69) is 0 Å². The molecule has 4 atom stereocenters. The number of fused-ring (bicyclic) bond motifs is 1. The molecule has 0 aromatic heterocycles. The number of hydrogen-bond donors (Lipinski definition) is 0. The molecule has 2 aliphatic heterocycles. The minimum atomic E-state index is -3.44. The number of thioether (sulfide) groups is 1. The number of benzene rings is 1. The molecule has 0 bridgehead atoms. The second-order valence-corrected chi connectivity index (χ2v) is 7.51. The number of rotatable bonds is 3. The first-order valence-corrected chi connectivity index (χ1v) is 8.28. The Morgan fingerprint density at radius 1 is 1.23 bits per heavy atom. The van der Waals surface area contributed by atoms with E-state index in [9.17, 15) is 8.78 Å². The summed E-state index contributed by atoms with van der Waals surface area (Å²) in [6.45, 7) is 3.62. The topological polar surface area (TPSA) is 27.7 Å². The number of halogens is 3. The predicted molar refractivity (Wildman–Crippen MR) is 80.2 cm³/mol. The highest BCUT2D eigenvalue weighted by atomic mass is 35.5. The molecule has 0 radical (unpaired) electrons. The molecule has 0 amide bonds. The SMILES string of the molecule is CC1(C)O[C@H]2[C@H](C(F)(F)Cl)[C@@H](Sc3ccccc3)OC[C@H]2O1. The molecule has 3 rings (SSSR count). The van der Waals surface area contributed by atoms with Crippen molar-refractivity contribution in [3.05, 3.63) is 30.3 Å². The van der Waals surface area contributed by atoms with Gasteiger partial charge in [-0.1, -0.05) is 30.0 Å². The van der Waals surface area contributed by atoms with Crippen LogP contribution in [0.5, 0.6) is 0 Å². The summed E-state index contributed by atoms with van der Waals surface area (Å²) in [5.74, 6) is -2.20. The quantitative estimate of drug-likeness (QED) is 0.767. The summed E-state index contributed by atoms with van der Waals surface area (Å²) >= 11 is 6.60. The van der Waals surface area contributed by atoms with Crippen molar-refractivity contribution in [2.75, 3.05) is 6.61 Å². The molecule has 7 heteroatoms. The smallest absolute Gasteiger partial charge is 0.330 e. The maximum atomic E-state index is 14.0. The van der Waals surface area contributed by atoms with Gasteiger partial charge >= 0.3 is 5.38 Å². The van der Waals surface area contributed by atoms with Gasteiger partial charge < -0.3 is 14.2 Å². The Hall–Kier alpha value is -0.400. The first-order chi connectivity index (χ1) is 10.3. The van der Waals surface area contributed by atoms with Gasteiger partial charge in [-0.15, -0.1) is 0 Å². The highest BCUT2D eigenvalue weighted by molar-refractivity contribution is 7.99. The van der Waals surface area contributed by atoms with E-state index in [1.165, 1.54) is 11.8 Å². The molecule has 2 aliphatic rings. The first kappa shape index (κ1) is 16.5. The lowest BCUT2D eigenvalue weighted by molar-refractivity contribution is -0.160. The minimum absolute atomic E-state index is 0.210. The summed E-state index contributed by atoms with van der Waals surface area (Å²) in [6.07, 6.45) is -1.32. The van der Waals surface area contributed by atoms with Crippen molar-refractivity contribution in [1.29, 1.82) is 0 Å². The lowest BCUT2D eigenvalue weighted by atomic mass is 9.96. The van der Waals surface area contributed by atoms with Gasteiger partial charge in [-0.2, -0.15) is 8.78 Å². The third kappa shape index (κ3) is 3.41. The Balaban J connectivity index is 1.84. The van der Waals surface area contributed by atoms with Gasteiger partial charge in [-0.3, -0.25) is 0 Å². The summed E-state index contributed by atoms with van der Waals surface area (Å²) in [6, 6.07) is 9.26. The van der Waals surface area contributed by atoms with Crippen molar-refractivity contribution in [3.8, 4) is 0 Å². The Bertz CT molecular complexity index is 523. The molecule has 0 N–H and O–H groups in total. The van der Waals surface area contributed by atoms with Crippen LogP contribution in [0.1, 0.15) is 13.8 Å². The van der Waals surface area contributed by atoms with Crippen LogP contribution in [-0.2, 0) is 14.2 Å². The fourth-order valence-electron chi connectivity index (χ4n) is 2.83. The van der Waals surface area contributed by atoms with Crippen LogP contribution in [-0.4, -0.2) is 35.4 Å². The van der Waals surface area contributed by atoms with Crippen LogP contribution in [0.15, 0.2) is 35.2 Å². The maximum Gasteiger partial charge on any atom is 0.330 e. The third-order valence-electron chi connectivity index (χ3n) is 3.67. The molecule has 1 aromatic carbocycles. The molecule has 2 fully saturated rings. The molecule has 1 aromatic rings. The number of alkyl halides is 3. The van der Waals surface area contributed by atoms with Crippen LogP contribution >= 0.6 is 23.4 Å². The second-order valence-electron chi connectivity index (χ2n) is 5.84. The molecule has 2 saturated heterocycles. The van der Waals surface area contributed by atoms with Gasteiger partial charge in [0.05, 0.1) is 6.61 Å². The van der Waals surface area contributed by atoms with Crippen molar-refractivity contribution in [2.24, 2.45) is 5.92 Å². The van der Waals surface area contributed by atoms with Crippen LogP contribution in [0.4, 0.5) is 8.78 Å². The summed E-state index contributed by atoms with van der Waals surface area (Å²) in [5.41, 5.74) is -0.798. The van der Waals surface area contributed by atoms with Gasteiger partial charge in [0.25, 0.3) is 0 Å². The van der Waals surface area contributed by atoms with Crippen molar-refractivity contribution < 1.29 is 23.0 Å². The van der Waals surface area contributed by atoms with Gasteiger partial charge in [0.2, 0.25) is 0 Å². The third-order valence-corrected chi connectivity index (χ3v) is 5.12. The average Bonchev–Trinajstić information content (AvgIpc) is 2.72. The van der Waals surface area contributed by atoms with E-state index in [0.717, 1.165) is 4.90 Å². The molecule has 122 valence electrons. The van der Waals surface area contributed by atoms with Crippen LogP contribution in [0.2, 0.25) is 0 Å². The van der Waals surface area contributed by atoms with Gasteiger partial charge in [0.1, 0.15) is 23.6 Å². The lowest BCUT2D eigenvalue weighted by Crippen LogP contribution is -2.52. The molecule has 3 nitrogen and oxygen atoms in total. The van der Waals surface area contributed by atoms with Gasteiger partial charge in [0.15, 0.2) is 5.79 Å². The van der Waals surface area contributed by atoms with E-state index in [1.807, 2.05) is 30.3 Å². The van der Waals surface area contributed by atoms with E-state index in [-0.39, 0.29) is 6.61 Å². The van der Waals surface area contributed by atoms with E-state index >= 15 is 0 Å². The zero-order valence-electron chi connectivity index (χ0n) is 12.2. The summed E-state index contributed by atoms with van der Waals surface area (Å²) in [7, 11) is 0. The lowest BCUT2D eigenvalue weighted by Gasteiger charge is -2.39. The van der Waals surface area contributed by atoms with Crippen LogP contribution in [0, 0.1) is 5.92 Å². The van der Waals surface area contributed by atoms with Gasteiger partial charge in [-0.05, 0) is 37.6 Å². The van der Waals surface area contributed by atoms with Crippen molar-refractivity contribution >= 4 is 23.4 Å². The summed E-state index contributed by atoms with van der Waals surface area (Å²) in [4.78, 5) is 0.843. The maximum absolute atomic E-state index is 14.0. The van der Waals surface area contributed by atoms with Gasteiger partial charge in [-0.25, -0.2) is 0 Å². The molecule has 0 saturated carbocycles. The fraction of sp³-hybridized carbons (Fsp3) is 0.600. The normalized spacial score (nSPS) is 34.4. The molecule has 0 aliphatic carbocycles. The van der Waals surface area contributed by atoms with Crippen molar-refractivity contribution in [1.82, 2.24) is 0 Å². The number of hydrogen-bond acceptors (Lipinski definition) is 4. The highest BCUT2D eigenvalue weighted by Gasteiger charge is 2.59. The van der Waals surface area contributed by atoms with Crippen LogP contribution < -0.4 is 0 Å². The fourth-order valence-corrected chi connectivity index (χ4v) is 4.34. The zero-order valence-corrected chi connectivity index (χ0v) is 13.7.